The largest absolute Gasteiger partial charge is 0.497 e. The molecule has 144 valence electrons. The zero-order valence-corrected chi connectivity index (χ0v) is 16.5. The third kappa shape index (κ3) is 6.94. The summed E-state index contributed by atoms with van der Waals surface area (Å²) in [5.74, 6) is 0.658. The van der Waals surface area contributed by atoms with Gasteiger partial charge in [0.25, 0.3) is 0 Å². The van der Waals surface area contributed by atoms with Gasteiger partial charge in [0.15, 0.2) is 0 Å². The Kier molecular flexibility index (Phi) is 8.14. The molecule has 0 aliphatic heterocycles. The Morgan fingerprint density at radius 3 is 2.41 bits per heavy atom. The van der Waals surface area contributed by atoms with E-state index in [1.165, 1.54) is 6.92 Å². The second-order valence-electron chi connectivity index (χ2n) is 6.22. The highest BCUT2D eigenvalue weighted by molar-refractivity contribution is 6.31. The monoisotopic (exact) mass is 388 g/mol. The molecule has 0 radical (unpaired) electrons. The number of carbonyl (C=O) groups is 2. The van der Waals surface area contributed by atoms with E-state index < -0.39 is 0 Å². The molecule has 6 heteroatoms. The summed E-state index contributed by atoms with van der Waals surface area (Å²) in [6.07, 6.45) is 0.984. The van der Waals surface area contributed by atoms with Crippen molar-refractivity contribution in [2.45, 2.75) is 26.3 Å². The highest BCUT2D eigenvalue weighted by Gasteiger charge is 2.12. The number of amides is 2. The van der Waals surface area contributed by atoms with Crippen molar-refractivity contribution < 1.29 is 14.3 Å². The van der Waals surface area contributed by atoms with Gasteiger partial charge in [0.1, 0.15) is 5.75 Å². The molecule has 1 N–H and O–H groups in total. The Morgan fingerprint density at radius 1 is 1.07 bits per heavy atom. The van der Waals surface area contributed by atoms with Crippen molar-refractivity contribution in [1.29, 1.82) is 0 Å². The summed E-state index contributed by atoms with van der Waals surface area (Å²) < 4.78 is 5.14. The number of hydrogen-bond donors (Lipinski definition) is 1. The second-order valence-corrected chi connectivity index (χ2v) is 6.63. The molecule has 0 spiro atoms. The van der Waals surface area contributed by atoms with E-state index in [-0.39, 0.29) is 18.2 Å². The van der Waals surface area contributed by atoms with Crippen LogP contribution in [0.25, 0.3) is 0 Å². The van der Waals surface area contributed by atoms with Gasteiger partial charge in [-0.15, -0.1) is 0 Å². The van der Waals surface area contributed by atoms with Crippen molar-refractivity contribution in [1.82, 2.24) is 10.2 Å². The molecule has 0 heterocycles. The van der Waals surface area contributed by atoms with E-state index in [9.17, 15) is 9.59 Å². The van der Waals surface area contributed by atoms with Crippen LogP contribution in [0.4, 0.5) is 0 Å². The molecule has 0 bridgehead atoms. The quantitative estimate of drug-likeness (QED) is 0.715. The SMILES string of the molecule is COc1ccc(CCN(CCC(=O)NCc2ccccc2Cl)C(C)=O)cc1. The molecular formula is C21H25ClN2O3. The first-order valence-electron chi connectivity index (χ1n) is 8.88. The minimum Gasteiger partial charge on any atom is -0.497 e. The Hall–Kier alpha value is -2.53. The molecule has 5 nitrogen and oxygen atoms in total. The van der Waals surface area contributed by atoms with Crippen LogP contribution in [0.15, 0.2) is 48.5 Å². The summed E-state index contributed by atoms with van der Waals surface area (Å²) in [6, 6.07) is 15.1. The summed E-state index contributed by atoms with van der Waals surface area (Å²) in [4.78, 5) is 25.6. The standard InChI is InChI=1S/C21H25ClN2O3/c1-16(25)24(13-11-17-7-9-19(27-2)10-8-17)14-12-21(26)23-15-18-5-3-4-6-20(18)22/h3-10H,11-15H2,1-2H3,(H,23,26). The van der Waals surface area contributed by atoms with Crippen LogP contribution in [0, 0.1) is 0 Å². The van der Waals surface area contributed by atoms with Gasteiger partial charge in [0.05, 0.1) is 7.11 Å². The lowest BCUT2D eigenvalue weighted by Crippen LogP contribution is -2.35. The van der Waals surface area contributed by atoms with Gasteiger partial charge in [-0.05, 0) is 35.7 Å². The summed E-state index contributed by atoms with van der Waals surface area (Å²) in [5.41, 5.74) is 1.99. The van der Waals surface area contributed by atoms with Crippen molar-refractivity contribution in [2.75, 3.05) is 20.2 Å². The molecule has 0 saturated heterocycles. The Labute approximate surface area is 165 Å². The first-order valence-corrected chi connectivity index (χ1v) is 9.26. The minimum atomic E-state index is -0.106. The number of hydrogen-bond acceptors (Lipinski definition) is 3. The molecule has 0 aliphatic carbocycles. The van der Waals surface area contributed by atoms with Crippen molar-refractivity contribution in [2.24, 2.45) is 0 Å². The molecule has 0 atom stereocenters. The lowest BCUT2D eigenvalue weighted by Gasteiger charge is -2.21. The fourth-order valence-electron chi connectivity index (χ4n) is 2.64. The lowest BCUT2D eigenvalue weighted by molar-refractivity contribution is -0.129. The van der Waals surface area contributed by atoms with Crippen molar-refractivity contribution in [3.8, 4) is 5.75 Å². The molecule has 0 saturated carbocycles. The van der Waals surface area contributed by atoms with Gasteiger partial charge in [-0.1, -0.05) is 41.9 Å². The molecule has 0 unspecified atom stereocenters. The smallest absolute Gasteiger partial charge is 0.222 e. The number of halogens is 1. The fraction of sp³-hybridized carbons (Fsp3) is 0.333. The molecule has 2 aromatic carbocycles. The highest BCUT2D eigenvalue weighted by atomic mass is 35.5. The minimum absolute atomic E-state index is 0.0394. The number of ether oxygens (including phenoxy) is 1. The molecular weight excluding hydrogens is 364 g/mol. The van der Waals surface area contributed by atoms with Crippen LogP contribution < -0.4 is 10.1 Å². The van der Waals surface area contributed by atoms with E-state index in [1.54, 1.807) is 18.1 Å². The predicted octanol–water partition coefficient (Wildman–Crippen LogP) is 3.45. The van der Waals surface area contributed by atoms with Crippen molar-refractivity contribution in [3.05, 3.63) is 64.7 Å². The Balaban J connectivity index is 1.78. The van der Waals surface area contributed by atoms with Gasteiger partial charge in [-0.3, -0.25) is 9.59 Å². The first-order chi connectivity index (χ1) is 13.0. The van der Waals surface area contributed by atoms with E-state index in [1.807, 2.05) is 42.5 Å². The average Bonchev–Trinajstić information content (AvgIpc) is 2.67. The fourth-order valence-corrected chi connectivity index (χ4v) is 2.85. The van der Waals surface area contributed by atoms with E-state index in [2.05, 4.69) is 5.32 Å². The summed E-state index contributed by atoms with van der Waals surface area (Å²) in [6.45, 7) is 2.86. The molecule has 0 aromatic heterocycles. The van der Waals surface area contributed by atoms with Gasteiger partial charge in [-0.25, -0.2) is 0 Å². The third-order valence-corrected chi connectivity index (χ3v) is 4.69. The van der Waals surface area contributed by atoms with Gasteiger partial charge in [0.2, 0.25) is 11.8 Å². The van der Waals surface area contributed by atoms with Crippen LogP contribution in [-0.4, -0.2) is 36.9 Å². The van der Waals surface area contributed by atoms with E-state index >= 15 is 0 Å². The summed E-state index contributed by atoms with van der Waals surface area (Å²) in [7, 11) is 1.63. The maximum Gasteiger partial charge on any atom is 0.222 e. The van der Waals surface area contributed by atoms with Crippen molar-refractivity contribution in [3.63, 3.8) is 0 Å². The van der Waals surface area contributed by atoms with Gasteiger partial charge < -0.3 is 15.0 Å². The molecule has 0 aliphatic rings. The Morgan fingerprint density at radius 2 is 1.78 bits per heavy atom. The first kappa shape index (κ1) is 20.8. The third-order valence-electron chi connectivity index (χ3n) is 4.32. The average molecular weight is 389 g/mol. The zero-order chi connectivity index (χ0) is 19.6. The predicted molar refractivity (Wildman–Crippen MR) is 107 cm³/mol. The number of rotatable bonds is 9. The van der Waals surface area contributed by atoms with Crippen molar-refractivity contribution >= 4 is 23.4 Å². The number of carbonyl (C=O) groups excluding carboxylic acids is 2. The molecule has 0 fully saturated rings. The highest BCUT2D eigenvalue weighted by Crippen LogP contribution is 2.14. The van der Waals surface area contributed by atoms with Crippen LogP contribution in [0.5, 0.6) is 5.75 Å². The summed E-state index contributed by atoms with van der Waals surface area (Å²) in [5, 5.41) is 3.47. The van der Waals surface area contributed by atoms with E-state index in [0.717, 1.165) is 23.3 Å². The molecule has 2 aromatic rings. The maximum atomic E-state index is 12.1. The normalized spacial score (nSPS) is 10.3. The topological polar surface area (TPSA) is 58.6 Å². The van der Waals surface area contributed by atoms with Crippen LogP contribution in [-0.2, 0) is 22.6 Å². The van der Waals surface area contributed by atoms with Crippen LogP contribution in [0.2, 0.25) is 5.02 Å². The van der Waals surface area contributed by atoms with Crippen LogP contribution in [0.1, 0.15) is 24.5 Å². The lowest BCUT2D eigenvalue weighted by atomic mass is 10.1. The van der Waals surface area contributed by atoms with Crippen LogP contribution >= 0.6 is 11.6 Å². The molecule has 27 heavy (non-hydrogen) atoms. The van der Waals surface area contributed by atoms with Crippen LogP contribution in [0.3, 0.4) is 0 Å². The summed E-state index contributed by atoms with van der Waals surface area (Å²) >= 11 is 6.08. The van der Waals surface area contributed by atoms with E-state index in [0.29, 0.717) is 24.7 Å². The van der Waals surface area contributed by atoms with Gasteiger partial charge >= 0.3 is 0 Å². The maximum absolute atomic E-state index is 12.1. The number of nitrogens with one attached hydrogen (secondary N) is 1. The van der Waals surface area contributed by atoms with Gasteiger partial charge in [-0.2, -0.15) is 0 Å². The number of methoxy groups -OCH3 is 1. The second kappa shape index (κ2) is 10.6. The Bertz CT molecular complexity index is 762. The molecule has 2 amide bonds. The zero-order valence-electron chi connectivity index (χ0n) is 15.7. The van der Waals surface area contributed by atoms with Gasteiger partial charge in [0, 0.05) is 38.0 Å². The molecule has 2 rings (SSSR count). The number of nitrogens with zero attached hydrogens (tertiary/aromatic N) is 1. The number of benzene rings is 2. The van der Waals surface area contributed by atoms with E-state index in [4.69, 9.17) is 16.3 Å².